The first-order valence-electron chi connectivity index (χ1n) is 9.21. The second-order valence-corrected chi connectivity index (χ2v) is 9.16. The molecule has 2 heterocycles. The average Bonchev–Trinajstić information content (AvgIpc) is 3.25. The summed E-state index contributed by atoms with van der Waals surface area (Å²) in [5.74, 6) is -4.01. The molecule has 1 unspecified atom stereocenters. The van der Waals surface area contributed by atoms with Crippen LogP contribution in [0.5, 0.6) is 0 Å². The molecule has 31 heavy (non-hydrogen) atoms. The van der Waals surface area contributed by atoms with Crippen LogP contribution in [0.25, 0.3) is 0 Å². The largest absolute Gasteiger partial charge is 0.490 e. The summed E-state index contributed by atoms with van der Waals surface area (Å²) in [4.78, 5) is 34.7. The quantitative estimate of drug-likeness (QED) is 0.641. The molecule has 0 aromatic heterocycles. The highest BCUT2D eigenvalue weighted by Crippen LogP contribution is 2.33. The van der Waals surface area contributed by atoms with Crippen molar-refractivity contribution >= 4 is 33.4 Å². The maximum absolute atomic E-state index is 12.8. The molecule has 1 aromatic carbocycles. The van der Waals surface area contributed by atoms with Crippen molar-refractivity contribution in [1.29, 1.82) is 0 Å². The number of aliphatic carboxylic acids is 1. The minimum absolute atomic E-state index is 0.0600. The van der Waals surface area contributed by atoms with E-state index in [-0.39, 0.29) is 22.5 Å². The molecule has 2 N–H and O–H groups in total. The van der Waals surface area contributed by atoms with E-state index in [1.54, 1.807) is 13.1 Å². The van der Waals surface area contributed by atoms with Gasteiger partial charge in [0.2, 0.25) is 10.0 Å². The Morgan fingerprint density at radius 3 is 2.29 bits per heavy atom. The number of nitrogens with zero attached hydrogens (tertiary/aromatic N) is 2. The smallest absolute Gasteiger partial charge is 0.475 e. The molecule has 0 spiro atoms. The second-order valence-electron chi connectivity index (χ2n) is 7.22. The lowest BCUT2D eigenvalue weighted by molar-refractivity contribution is -0.192. The Balaban J connectivity index is 0.000000423. The van der Waals surface area contributed by atoms with Gasteiger partial charge in [0.05, 0.1) is 16.1 Å². The molecule has 0 saturated carbocycles. The van der Waals surface area contributed by atoms with Gasteiger partial charge in [-0.05, 0) is 45.5 Å². The van der Waals surface area contributed by atoms with E-state index < -0.39 is 33.9 Å². The Bertz CT molecular complexity index is 994. The number of halogens is 3. The Morgan fingerprint density at radius 2 is 1.84 bits per heavy atom. The summed E-state index contributed by atoms with van der Waals surface area (Å²) < 4.78 is 58.7. The van der Waals surface area contributed by atoms with E-state index in [4.69, 9.17) is 9.90 Å². The third-order valence-corrected chi connectivity index (χ3v) is 6.70. The molecular formula is C18H22F3N3O6S. The van der Waals surface area contributed by atoms with Crippen LogP contribution in [0.3, 0.4) is 0 Å². The normalized spacial score (nSPS) is 19.5. The number of anilines is 1. The average molecular weight is 465 g/mol. The van der Waals surface area contributed by atoms with Gasteiger partial charge in [-0.2, -0.15) is 17.5 Å². The molecule has 1 fully saturated rings. The lowest BCUT2D eigenvalue weighted by atomic mass is 10.1. The first-order chi connectivity index (χ1) is 14.2. The number of rotatable bonds is 4. The molecule has 13 heteroatoms. The van der Waals surface area contributed by atoms with Gasteiger partial charge in [0.15, 0.2) is 0 Å². The number of hydrogen-bond acceptors (Lipinski definition) is 6. The molecule has 3 rings (SSSR count). The number of carboxylic acid groups (broad SMARTS) is 1. The second kappa shape index (κ2) is 8.93. The monoisotopic (exact) mass is 465 g/mol. The summed E-state index contributed by atoms with van der Waals surface area (Å²) in [6, 6.07) is 4.33. The number of nitrogens with one attached hydrogen (secondary N) is 1. The Morgan fingerprint density at radius 1 is 1.26 bits per heavy atom. The molecule has 9 nitrogen and oxygen atoms in total. The highest BCUT2D eigenvalue weighted by atomic mass is 32.2. The Hall–Kier alpha value is -2.51. The van der Waals surface area contributed by atoms with Crippen molar-refractivity contribution in [1.82, 2.24) is 9.62 Å². The van der Waals surface area contributed by atoms with E-state index >= 15 is 0 Å². The molecule has 0 aliphatic carbocycles. The van der Waals surface area contributed by atoms with E-state index in [9.17, 15) is 31.2 Å². The maximum atomic E-state index is 12.8. The number of likely N-dealkylation sites (N-methyl/N-ethyl adjacent to an activating group) is 1. The van der Waals surface area contributed by atoms with E-state index in [1.807, 2.05) is 13.8 Å². The summed E-state index contributed by atoms with van der Waals surface area (Å²) in [6.45, 7) is 4.47. The first kappa shape index (κ1) is 24.8. The fraction of sp³-hybridized carbons (Fsp3) is 0.500. The van der Waals surface area contributed by atoms with Crippen LogP contribution in [-0.2, 0) is 19.6 Å². The van der Waals surface area contributed by atoms with Crippen LogP contribution >= 0.6 is 0 Å². The maximum Gasteiger partial charge on any atom is 0.490 e. The van der Waals surface area contributed by atoms with Crippen LogP contribution in [0.2, 0.25) is 0 Å². The van der Waals surface area contributed by atoms with Crippen molar-refractivity contribution in [2.75, 3.05) is 25.0 Å². The lowest BCUT2D eigenvalue weighted by Crippen LogP contribution is -2.35. The molecule has 1 amide bonds. The third-order valence-electron chi connectivity index (χ3n) is 4.84. The summed E-state index contributed by atoms with van der Waals surface area (Å²) in [5, 5.41) is 10.2. The molecule has 1 atom stereocenters. The van der Waals surface area contributed by atoms with Gasteiger partial charge in [0.25, 0.3) is 11.7 Å². The van der Waals surface area contributed by atoms with Crippen LogP contribution in [0, 0.1) is 0 Å². The number of amides is 1. The van der Waals surface area contributed by atoms with E-state index in [2.05, 4.69) is 5.32 Å². The molecule has 2 aliphatic rings. The SMILES string of the molecule is CNC1CCN(S(=O)(=O)c2ccc3c(c2)C(=O)C(=O)N3C(C)C)C1.O=C(O)C(F)(F)F. The van der Waals surface area contributed by atoms with Gasteiger partial charge in [-0.15, -0.1) is 0 Å². The van der Waals surface area contributed by atoms with Crippen molar-refractivity contribution in [2.45, 2.75) is 43.4 Å². The number of fused-ring (bicyclic) bond motifs is 1. The van der Waals surface area contributed by atoms with Gasteiger partial charge in [-0.25, -0.2) is 13.2 Å². The minimum Gasteiger partial charge on any atom is -0.475 e. The number of hydrogen-bond donors (Lipinski definition) is 2. The fourth-order valence-corrected chi connectivity index (χ4v) is 4.77. The number of sulfonamides is 1. The number of Topliss-reactive ketones (excluding diaryl/α,β-unsaturated/α-hetero) is 1. The van der Waals surface area contributed by atoms with Gasteiger partial charge in [0, 0.05) is 25.2 Å². The van der Waals surface area contributed by atoms with Gasteiger partial charge in [-0.1, -0.05) is 0 Å². The van der Waals surface area contributed by atoms with Crippen LogP contribution < -0.4 is 10.2 Å². The van der Waals surface area contributed by atoms with Crippen molar-refractivity contribution in [2.24, 2.45) is 0 Å². The number of carboxylic acids is 1. The van der Waals surface area contributed by atoms with Crippen LogP contribution in [0.15, 0.2) is 23.1 Å². The number of alkyl halides is 3. The number of carbonyl (C=O) groups excluding carboxylic acids is 2. The van der Waals surface area contributed by atoms with Crippen molar-refractivity contribution in [3.8, 4) is 0 Å². The molecule has 172 valence electrons. The van der Waals surface area contributed by atoms with E-state index in [0.29, 0.717) is 18.8 Å². The van der Waals surface area contributed by atoms with Crippen LogP contribution in [-0.4, -0.2) is 73.9 Å². The fourth-order valence-electron chi connectivity index (χ4n) is 3.25. The number of ketones is 1. The van der Waals surface area contributed by atoms with E-state index in [0.717, 1.165) is 6.42 Å². The Labute approximate surface area is 176 Å². The third kappa shape index (κ3) is 5.05. The summed E-state index contributed by atoms with van der Waals surface area (Å²) in [5.41, 5.74) is 0.646. The topological polar surface area (TPSA) is 124 Å². The zero-order valence-electron chi connectivity index (χ0n) is 16.9. The molecule has 0 radical (unpaired) electrons. The van der Waals surface area contributed by atoms with Crippen LogP contribution in [0.1, 0.15) is 30.6 Å². The van der Waals surface area contributed by atoms with Crippen LogP contribution in [0.4, 0.5) is 18.9 Å². The van der Waals surface area contributed by atoms with E-state index in [1.165, 1.54) is 21.3 Å². The zero-order valence-corrected chi connectivity index (χ0v) is 17.7. The molecular weight excluding hydrogens is 443 g/mol. The predicted molar refractivity (Wildman–Crippen MR) is 103 cm³/mol. The van der Waals surface area contributed by atoms with Crippen molar-refractivity contribution < 1.29 is 41.1 Å². The Kier molecular flexibility index (Phi) is 7.13. The van der Waals surface area contributed by atoms with Gasteiger partial charge in [-0.3, -0.25) is 9.59 Å². The summed E-state index contributed by atoms with van der Waals surface area (Å²) in [7, 11) is -1.86. The minimum atomic E-state index is -5.08. The number of carbonyl (C=O) groups is 3. The summed E-state index contributed by atoms with van der Waals surface area (Å²) in [6.07, 6.45) is -4.33. The summed E-state index contributed by atoms with van der Waals surface area (Å²) >= 11 is 0. The standard InChI is InChI=1S/C16H21N3O4S.C2HF3O2/c1-10(2)19-14-5-4-12(8-13(14)15(20)16(19)21)24(22,23)18-7-6-11(9-18)17-3;3-2(4,5)1(6)7/h4-5,8,10-11,17H,6-7,9H2,1-3H3;(H,6,7). The highest BCUT2D eigenvalue weighted by Gasteiger charge is 2.40. The molecule has 2 aliphatic heterocycles. The predicted octanol–water partition coefficient (Wildman–Crippen LogP) is 1.24. The lowest BCUT2D eigenvalue weighted by Gasteiger charge is -2.21. The van der Waals surface area contributed by atoms with Crippen molar-refractivity contribution in [3.63, 3.8) is 0 Å². The van der Waals surface area contributed by atoms with Gasteiger partial charge in [0.1, 0.15) is 0 Å². The van der Waals surface area contributed by atoms with Crippen molar-refractivity contribution in [3.05, 3.63) is 23.8 Å². The van der Waals surface area contributed by atoms with Gasteiger partial charge < -0.3 is 15.3 Å². The molecule has 1 aromatic rings. The molecule has 0 bridgehead atoms. The first-order valence-corrected chi connectivity index (χ1v) is 10.6. The number of benzene rings is 1. The van der Waals surface area contributed by atoms with Gasteiger partial charge >= 0.3 is 12.1 Å². The highest BCUT2D eigenvalue weighted by molar-refractivity contribution is 7.89. The zero-order chi connectivity index (χ0) is 23.7. The molecule has 1 saturated heterocycles.